The fourth-order valence-corrected chi connectivity index (χ4v) is 3.33. The summed E-state index contributed by atoms with van der Waals surface area (Å²) in [6.45, 7) is 3.15. The van der Waals surface area contributed by atoms with E-state index in [0.717, 1.165) is 38.2 Å². The lowest BCUT2D eigenvalue weighted by molar-refractivity contribution is -0.136. The van der Waals surface area contributed by atoms with E-state index in [1.165, 1.54) is 32.1 Å². The zero-order valence-electron chi connectivity index (χ0n) is 13.2. The van der Waals surface area contributed by atoms with Gasteiger partial charge in [-0.3, -0.25) is 0 Å². The van der Waals surface area contributed by atoms with Crippen LogP contribution in [-0.4, -0.2) is 25.3 Å². The average molecular weight is 292 g/mol. The van der Waals surface area contributed by atoms with E-state index in [0.29, 0.717) is 18.6 Å². The molecule has 0 heterocycles. The van der Waals surface area contributed by atoms with Gasteiger partial charge in [0.1, 0.15) is 0 Å². The number of carbonyl (C=O) groups is 1. The lowest BCUT2D eigenvalue weighted by atomic mass is 9.87. The van der Waals surface area contributed by atoms with Crippen molar-refractivity contribution in [3.05, 3.63) is 0 Å². The van der Waals surface area contributed by atoms with Crippen LogP contribution < -0.4 is 0 Å². The van der Waals surface area contributed by atoms with Gasteiger partial charge in [-0.25, -0.2) is 4.79 Å². The van der Waals surface area contributed by atoms with Crippen molar-refractivity contribution in [3.8, 4) is 11.8 Å². The molecule has 2 rings (SSSR count). The summed E-state index contributed by atoms with van der Waals surface area (Å²) in [7, 11) is 0. The molecule has 2 aliphatic carbocycles. The average Bonchev–Trinajstić information content (AvgIpc) is 2.53. The van der Waals surface area contributed by atoms with E-state index in [4.69, 9.17) is 9.47 Å². The second-order valence-electron chi connectivity index (χ2n) is 6.30. The van der Waals surface area contributed by atoms with Gasteiger partial charge < -0.3 is 9.47 Å². The van der Waals surface area contributed by atoms with Crippen LogP contribution in [0.3, 0.4) is 0 Å². The van der Waals surface area contributed by atoms with Crippen LogP contribution in [0.4, 0.5) is 0 Å². The van der Waals surface area contributed by atoms with Crippen molar-refractivity contribution in [3.63, 3.8) is 0 Å². The molecule has 3 nitrogen and oxygen atoms in total. The molecule has 0 aromatic rings. The maximum absolute atomic E-state index is 11.2. The molecule has 0 bridgehead atoms. The summed E-state index contributed by atoms with van der Waals surface area (Å²) in [6.07, 6.45) is 11.5. The van der Waals surface area contributed by atoms with E-state index in [1.54, 1.807) is 6.92 Å². The highest BCUT2D eigenvalue weighted by atomic mass is 16.5. The highest BCUT2D eigenvalue weighted by molar-refractivity contribution is 5.88. The first-order valence-corrected chi connectivity index (χ1v) is 8.57. The largest absolute Gasteiger partial charge is 0.456 e. The summed E-state index contributed by atoms with van der Waals surface area (Å²) in [5.74, 6) is 6.39. The van der Waals surface area contributed by atoms with Crippen LogP contribution in [0.1, 0.15) is 64.7 Å². The maximum Gasteiger partial charge on any atom is 0.384 e. The van der Waals surface area contributed by atoms with Crippen molar-refractivity contribution in [1.82, 2.24) is 0 Å². The highest BCUT2D eigenvalue weighted by Crippen LogP contribution is 2.28. The first kappa shape index (κ1) is 16.4. The Hall–Kier alpha value is -1.01. The van der Waals surface area contributed by atoms with Crippen molar-refractivity contribution in [2.45, 2.75) is 70.8 Å². The number of hydrogen-bond acceptors (Lipinski definition) is 3. The third kappa shape index (κ3) is 6.09. The van der Waals surface area contributed by atoms with E-state index in [1.807, 2.05) is 0 Å². The first-order valence-electron chi connectivity index (χ1n) is 8.57. The SMILES string of the molecule is CCOC(=O)C#CC1CCC(OCC2CCCCC2)CC1. The van der Waals surface area contributed by atoms with E-state index in [9.17, 15) is 4.79 Å². The van der Waals surface area contributed by atoms with Gasteiger partial charge in [-0.15, -0.1) is 0 Å². The summed E-state index contributed by atoms with van der Waals surface area (Å²) in [5, 5.41) is 0. The molecule has 2 saturated carbocycles. The molecule has 2 fully saturated rings. The Balaban J connectivity index is 1.62. The van der Waals surface area contributed by atoms with Crippen LogP contribution in [-0.2, 0) is 14.3 Å². The monoisotopic (exact) mass is 292 g/mol. The van der Waals surface area contributed by atoms with E-state index in [2.05, 4.69) is 11.8 Å². The van der Waals surface area contributed by atoms with Gasteiger partial charge in [-0.1, -0.05) is 25.2 Å². The molecule has 0 aliphatic heterocycles. The van der Waals surface area contributed by atoms with Crippen LogP contribution in [0, 0.1) is 23.7 Å². The zero-order chi connectivity index (χ0) is 14.9. The number of carbonyl (C=O) groups excluding carboxylic acids is 1. The van der Waals surface area contributed by atoms with Gasteiger partial charge in [-0.05, 0) is 51.4 Å². The zero-order valence-corrected chi connectivity index (χ0v) is 13.2. The molecule has 21 heavy (non-hydrogen) atoms. The molecule has 0 aromatic carbocycles. The molecule has 3 heteroatoms. The Kier molecular flexibility index (Phi) is 7.09. The summed E-state index contributed by atoms with van der Waals surface area (Å²) in [6, 6.07) is 0. The Labute approximate surface area is 128 Å². The van der Waals surface area contributed by atoms with Crippen LogP contribution in [0.25, 0.3) is 0 Å². The van der Waals surface area contributed by atoms with Crippen molar-refractivity contribution < 1.29 is 14.3 Å². The smallest absolute Gasteiger partial charge is 0.384 e. The first-order chi connectivity index (χ1) is 10.3. The number of esters is 1. The lowest BCUT2D eigenvalue weighted by Gasteiger charge is -2.28. The third-order valence-electron chi connectivity index (χ3n) is 4.62. The summed E-state index contributed by atoms with van der Waals surface area (Å²) in [4.78, 5) is 11.2. The minimum absolute atomic E-state index is 0.337. The Morgan fingerprint density at radius 1 is 1.05 bits per heavy atom. The van der Waals surface area contributed by atoms with Gasteiger partial charge >= 0.3 is 5.97 Å². The van der Waals surface area contributed by atoms with Crippen LogP contribution >= 0.6 is 0 Å². The number of ether oxygens (including phenoxy) is 2. The Morgan fingerprint density at radius 3 is 2.43 bits per heavy atom. The van der Waals surface area contributed by atoms with Crippen molar-refractivity contribution in [1.29, 1.82) is 0 Å². The minimum Gasteiger partial charge on any atom is -0.456 e. The molecule has 0 saturated heterocycles. The van der Waals surface area contributed by atoms with Crippen LogP contribution in [0.15, 0.2) is 0 Å². The van der Waals surface area contributed by atoms with Gasteiger partial charge in [0.2, 0.25) is 0 Å². The molecule has 2 aliphatic rings. The molecule has 0 aromatic heterocycles. The Morgan fingerprint density at radius 2 is 1.76 bits per heavy atom. The van der Waals surface area contributed by atoms with Crippen LogP contribution in [0.2, 0.25) is 0 Å². The molecular weight excluding hydrogens is 264 g/mol. The summed E-state index contributed by atoms with van der Waals surface area (Å²) >= 11 is 0. The van der Waals surface area contributed by atoms with Gasteiger partial charge in [-0.2, -0.15) is 0 Å². The van der Waals surface area contributed by atoms with Gasteiger partial charge in [0.15, 0.2) is 0 Å². The molecule has 0 N–H and O–H groups in total. The highest BCUT2D eigenvalue weighted by Gasteiger charge is 2.22. The van der Waals surface area contributed by atoms with Crippen molar-refractivity contribution in [2.75, 3.05) is 13.2 Å². The van der Waals surface area contributed by atoms with Crippen molar-refractivity contribution in [2.24, 2.45) is 11.8 Å². The third-order valence-corrected chi connectivity index (χ3v) is 4.62. The fourth-order valence-electron chi connectivity index (χ4n) is 3.33. The standard InChI is InChI=1S/C18H28O3/c1-2-20-18(19)13-10-15-8-11-17(12-9-15)21-14-16-6-4-3-5-7-16/h15-17H,2-9,11-12,14H2,1H3. The number of rotatable bonds is 4. The maximum atomic E-state index is 11.2. The Bertz CT molecular complexity index is 366. The summed E-state index contributed by atoms with van der Waals surface area (Å²) in [5.41, 5.74) is 0. The van der Waals surface area contributed by atoms with Gasteiger partial charge in [0.05, 0.1) is 12.7 Å². The molecule has 0 unspecified atom stereocenters. The molecule has 118 valence electrons. The van der Waals surface area contributed by atoms with Crippen LogP contribution in [0.5, 0.6) is 0 Å². The number of hydrogen-bond donors (Lipinski definition) is 0. The van der Waals surface area contributed by atoms with Gasteiger partial charge in [0.25, 0.3) is 0 Å². The fraction of sp³-hybridized carbons (Fsp3) is 0.833. The quantitative estimate of drug-likeness (QED) is 0.450. The summed E-state index contributed by atoms with van der Waals surface area (Å²) < 4.78 is 10.9. The molecule has 0 spiro atoms. The topological polar surface area (TPSA) is 35.5 Å². The van der Waals surface area contributed by atoms with E-state index in [-0.39, 0.29) is 0 Å². The van der Waals surface area contributed by atoms with Crippen molar-refractivity contribution >= 4 is 5.97 Å². The molecular formula is C18H28O3. The molecule has 0 atom stereocenters. The predicted octanol–water partition coefficient (Wildman–Crippen LogP) is 3.71. The molecule has 0 radical (unpaired) electrons. The normalized spacial score (nSPS) is 26.7. The lowest BCUT2D eigenvalue weighted by Crippen LogP contribution is -2.24. The van der Waals surface area contributed by atoms with Gasteiger partial charge in [0, 0.05) is 18.4 Å². The molecule has 0 amide bonds. The minimum atomic E-state index is -0.395. The predicted molar refractivity (Wildman–Crippen MR) is 82.7 cm³/mol. The van der Waals surface area contributed by atoms with E-state index < -0.39 is 5.97 Å². The second kappa shape index (κ2) is 9.10. The van der Waals surface area contributed by atoms with E-state index >= 15 is 0 Å². The second-order valence-corrected chi connectivity index (χ2v) is 6.30.